The fourth-order valence-electron chi connectivity index (χ4n) is 2.51. The SMILES string of the molecule is CCS(=O)(=O)C1CSCCN1CCC1CNCCO1. The Balaban J connectivity index is 1.88. The van der Waals surface area contributed by atoms with Gasteiger partial charge in [0.15, 0.2) is 9.84 Å². The molecule has 5 nitrogen and oxygen atoms in total. The molecule has 19 heavy (non-hydrogen) atoms. The molecule has 0 radical (unpaired) electrons. The minimum Gasteiger partial charge on any atom is -0.376 e. The zero-order valence-corrected chi connectivity index (χ0v) is 13.1. The van der Waals surface area contributed by atoms with Gasteiger partial charge in [0, 0.05) is 43.4 Å². The van der Waals surface area contributed by atoms with Crippen LogP contribution in [-0.2, 0) is 14.6 Å². The van der Waals surface area contributed by atoms with Gasteiger partial charge in [-0.05, 0) is 6.42 Å². The minimum atomic E-state index is -2.97. The first-order valence-electron chi connectivity index (χ1n) is 6.99. The molecular formula is C12H24N2O3S2. The number of nitrogens with zero attached hydrogens (tertiary/aromatic N) is 1. The number of hydrogen-bond donors (Lipinski definition) is 1. The van der Waals surface area contributed by atoms with E-state index < -0.39 is 9.84 Å². The molecule has 7 heteroatoms. The molecule has 2 aliphatic heterocycles. The number of hydrogen-bond acceptors (Lipinski definition) is 6. The summed E-state index contributed by atoms with van der Waals surface area (Å²) < 4.78 is 29.9. The molecule has 2 rings (SSSR count). The Morgan fingerprint density at radius 3 is 3.00 bits per heavy atom. The fourth-order valence-corrected chi connectivity index (χ4v) is 5.62. The summed E-state index contributed by atoms with van der Waals surface area (Å²) in [5, 5.41) is 3.01. The predicted octanol–water partition coefficient (Wildman–Crippen LogP) is 0.175. The van der Waals surface area contributed by atoms with Crippen molar-refractivity contribution in [3.05, 3.63) is 0 Å². The molecule has 0 spiro atoms. The summed E-state index contributed by atoms with van der Waals surface area (Å²) in [7, 11) is -2.97. The average Bonchev–Trinajstić information content (AvgIpc) is 2.46. The first-order valence-corrected chi connectivity index (χ1v) is 9.86. The number of rotatable bonds is 5. The van der Waals surface area contributed by atoms with Gasteiger partial charge in [0.2, 0.25) is 0 Å². The van der Waals surface area contributed by atoms with Crippen LogP contribution in [0.1, 0.15) is 13.3 Å². The molecule has 0 amide bonds. The van der Waals surface area contributed by atoms with E-state index in [4.69, 9.17) is 4.74 Å². The lowest BCUT2D eigenvalue weighted by molar-refractivity contribution is 0.0171. The maximum atomic E-state index is 12.1. The third-order valence-corrected chi connectivity index (χ3v) is 7.08. The smallest absolute Gasteiger partial charge is 0.166 e. The van der Waals surface area contributed by atoms with Gasteiger partial charge in [0.1, 0.15) is 5.37 Å². The van der Waals surface area contributed by atoms with E-state index >= 15 is 0 Å². The fraction of sp³-hybridized carbons (Fsp3) is 1.00. The van der Waals surface area contributed by atoms with E-state index in [0.29, 0.717) is 5.75 Å². The molecule has 0 aliphatic carbocycles. The second kappa shape index (κ2) is 7.26. The van der Waals surface area contributed by atoms with Gasteiger partial charge in [0.25, 0.3) is 0 Å². The number of thioether (sulfide) groups is 1. The van der Waals surface area contributed by atoms with Crippen molar-refractivity contribution in [1.82, 2.24) is 10.2 Å². The zero-order chi connectivity index (χ0) is 13.7. The largest absolute Gasteiger partial charge is 0.376 e. The van der Waals surface area contributed by atoms with Gasteiger partial charge in [-0.2, -0.15) is 11.8 Å². The van der Waals surface area contributed by atoms with Crippen LogP contribution in [0.3, 0.4) is 0 Å². The molecule has 0 aromatic rings. The number of nitrogens with one attached hydrogen (secondary N) is 1. The summed E-state index contributed by atoms with van der Waals surface area (Å²) in [6, 6.07) is 0. The Kier molecular flexibility index (Phi) is 5.95. The van der Waals surface area contributed by atoms with E-state index in [-0.39, 0.29) is 17.2 Å². The predicted molar refractivity (Wildman–Crippen MR) is 79.4 cm³/mol. The van der Waals surface area contributed by atoms with Crippen LogP contribution in [0, 0.1) is 0 Å². The van der Waals surface area contributed by atoms with Crippen LogP contribution < -0.4 is 5.32 Å². The summed E-state index contributed by atoms with van der Waals surface area (Å²) in [6.07, 6.45) is 1.14. The van der Waals surface area contributed by atoms with Gasteiger partial charge < -0.3 is 10.1 Å². The molecule has 2 fully saturated rings. The van der Waals surface area contributed by atoms with Crippen molar-refractivity contribution >= 4 is 21.6 Å². The molecule has 0 saturated carbocycles. The number of sulfone groups is 1. The molecule has 0 aromatic carbocycles. The van der Waals surface area contributed by atoms with Gasteiger partial charge in [-0.1, -0.05) is 6.92 Å². The normalized spacial score (nSPS) is 30.4. The van der Waals surface area contributed by atoms with Crippen molar-refractivity contribution in [3.8, 4) is 0 Å². The molecule has 0 bridgehead atoms. The first kappa shape index (κ1) is 15.6. The maximum absolute atomic E-state index is 12.1. The monoisotopic (exact) mass is 308 g/mol. The summed E-state index contributed by atoms with van der Waals surface area (Å²) in [5.41, 5.74) is 0. The molecule has 2 aliphatic rings. The van der Waals surface area contributed by atoms with Crippen LogP contribution in [0.2, 0.25) is 0 Å². The van der Waals surface area contributed by atoms with Crippen molar-refractivity contribution in [1.29, 1.82) is 0 Å². The molecule has 1 N–H and O–H groups in total. The molecule has 2 atom stereocenters. The summed E-state index contributed by atoms with van der Waals surface area (Å²) in [4.78, 5) is 2.13. The van der Waals surface area contributed by atoms with Crippen LogP contribution >= 0.6 is 11.8 Å². The highest BCUT2D eigenvalue weighted by Gasteiger charge is 2.32. The highest BCUT2D eigenvalue weighted by molar-refractivity contribution is 8.01. The summed E-state index contributed by atoms with van der Waals surface area (Å²) in [5.74, 6) is 1.97. The zero-order valence-electron chi connectivity index (χ0n) is 11.5. The first-order chi connectivity index (χ1) is 9.13. The van der Waals surface area contributed by atoms with Crippen molar-refractivity contribution < 1.29 is 13.2 Å². The Morgan fingerprint density at radius 2 is 2.32 bits per heavy atom. The Morgan fingerprint density at radius 1 is 1.47 bits per heavy atom. The van der Waals surface area contributed by atoms with E-state index in [9.17, 15) is 8.42 Å². The van der Waals surface area contributed by atoms with E-state index in [1.54, 1.807) is 18.7 Å². The van der Waals surface area contributed by atoms with Gasteiger partial charge in [-0.15, -0.1) is 0 Å². The maximum Gasteiger partial charge on any atom is 0.166 e. The van der Waals surface area contributed by atoms with Crippen LogP contribution in [0.25, 0.3) is 0 Å². The third kappa shape index (κ3) is 4.32. The Labute approximate surface area is 120 Å². The third-order valence-electron chi connectivity index (χ3n) is 3.75. The Hall–Kier alpha value is 0.180. The molecule has 2 saturated heterocycles. The standard InChI is InChI=1S/C12H24N2O3S2/c1-2-19(15,16)12-10-18-8-6-14(12)5-3-11-9-13-4-7-17-11/h11-13H,2-10H2,1H3. The molecule has 0 aromatic heterocycles. The van der Waals surface area contributed by atoms with E-state index in [1.165, 1.54) is 0 Å². The molecular weight excluding hydrogens is 284 g/mol. The lowest BCUT2D eigenvalue weighted by atomic mass is 10.2. The second-order valence-electron chi connectivity index (χ2n) is 5.00. The lowest BCUT2D eigenvalue weighted by Crippen LogP contribution is -2.49. The highest BCUT2D eigenvalue weighted by atomic mass is 32.2. The van der Waals surface area contributed by atoms with E-state index in [0.717, 1.165) is 45.0 Å². The minimum absolute atomic E-state index is 0.230. The van der Waals surface area contributed by atoms with Crippen LogP contribution in [-0.4, -0.2) is 74.8 Å². The van der Waals surface area contributed by atoms with Gasteiger partial charge in [-0.3, -0.25) is 4.90 Å². The van der Waals surface area contributed by atoms with Crippen molar-refractivity contribution in [2.45, 2.75) is 24.8 Å². The second-order valence-corrected chi connectivity index (χ2v) is 8.60. The van der Waals surface area contributed by atoms with Gasteiger partial charge in [0.05, 0.1) is 12.7 Å². The quantitative estimate of drug-likeness (QED) is 0.782. The summed E-state index contributed by atoms with van der Waals surface area (Å²) in [6.45, 7) is 5.99. The molecule has 112 valence electrons. The highest BCUT2D eigenvalue weighted by Crippen LogP contribution is 2.22. The summed E-state index contributed by atoms with van der Waals surface area (Å²) >= 11 is 1.75. The van der Waals surface area contributed by atoms with Crippen molar-refractivity contribution in [2.75, 3.05) is 50.0 Å². The molecule has 2 unspecified atom stereocenters. The van der Waals surface area contributed by atoms with Crippen LogP contribution in [0.5, 0.6) is 0 Å². The number of morpholine rings is 1. The van der Waals surface area contributed by atoms with Crippen molar-refractivity contribution in [3.63, 3.8) is 0 Å². The topological polar surface area (TPSA) is 58.6 Å². The Bertz CT molecular complexity index is 369. The average molecular weight is 308 g/mol. The number of ether oxygens (including phenoxy) is 1. The van der Waals surface area contributed by atoms with Crippen LogP contribution in [0.4, 0.5) is 0 Å². The molecule has 2 heterocycles. The van der Waals surface area contributed by atoms with Gasteiger partial charge >= 0.3 is 0 Å². The van der Waals surface area contributed by atoms with Gasteiger partial charge in [-0.25, -0.2) is 8.42 Å². The van der Waals surface area contributed by atoms with Crippen molar-refractivity contribution in [2.24, 2.45) is 0 Å². The van der Waals surface area contributed by atoms with E-state index in [2.05, 4.69) is 10.2 Å². The van der Waals surface area contributed by atoms with Crippen LogP contribution in [0.15, 0.2) is 0 Å². The lowest BCUT2D eigenvalue weighted by Gasteiger charge is -2.35. The van der Waals surface area contributed by atoms with E-state index in [1.807, 2.05) is 0 Å².